The standard InChI is InChI=1S/C31H32N4O5S/c1-24-12-14-27(15-13-24)23-34(22-26-10-6-3-7-11-26)41(39,40)30-17-16-28(20-29(30)35(37)38)31(36)33-19-18-32-21-25-8-4-2-5-9-25/h2-17,20,32H,18-19,21-23H2,1H3,(H,33,36). The molecule has 1 amide bonds. The van der Waals surface area contributed by atoms with Crippen molar-refractivity contribution in [1.82, 2.24) is 14.9 Å². The summed E-state index contributed by atoms with van der Waals surface area (Å²) >= 11 is 0. The van der Waals surface area contributed by atoms with Gasteiger partial charge < -0.3 is 10.6 Å². The van der Waals surface area contributed by atoms with Gasteiger partial charge in [0.25, 0.3) is 21.6 Å². The number of nitrogens with zero attached hydrogens (tertiary/aromatic N) is 2. The predicted octanol–water partition coefficient (Wildman–Crippen LogP) is 4.81. The molecular formula is C31H32N4O5S. The van der Waals surface area contributed by atoms with Crippen LogP contribution in [0.2, 0.25) is 0 Å². The highest BCUT2D eigenvalue weighted by atomic mass is 32.2. The van der Waals surface area contributed by atoms with E-state index in [1.165, 1.54) is 10.4 Å². The van der Waals surface area contributed by atoms with Gasteiger partial charge in [-0.15, -0.1) is 0 Å². The van der Waals surface area contributed by atoms with Gasteiger partial charge in [0.05, 0.1) is 4.92 Å². The molecule has 0 fully saturated rings. The third kappa shape index (κ3) is 8.07. The number of nitro groups is 1. The topological polar surface area (TPSA) is 122 Å². The fourth-order valence-corrected chi connectivity index (χ4v) is 5.82. The molecule has 0 aliphatic heterocycles. The van der Waals surface area contributed by atoms with Crippen LogP contribution in [-0.4, -0.2) is 36.6 Å². The van der Waals surface area contributed by atoms with E-state index in [2.05, 4.69) is 10.6 Å². The highest BCUT2D eigenvalue weighted by Crippen LogP contribution is 2.30. The van der Waals surface area contributed by atoms with Crippen LogP contribution in [0.15, 0.2) is 108 Å². The summed E-state index contributed by atoms with van der Waals surface area (Å²) in [4.78, 5) is 23.5. The molecule has 0 bridgehead atoms. The van der Waals surface area contributed by atoms with Crippen molar-refractivity contribution in [3.05, 3.63) is 141 Å². The molecule has 212 valence electrons. The summed E-state index contributed by atoms with van der Waals surface area (Å²) in [7, 11) is -4.33. The normalized spacial score (nSPS) is 11.4. The smallest absolute Gasteiger partial charge is 0.290 e. The number of sulfonamides is 1. The average molecular weight is 573 g/mol. The van der Waals surface area contributed by atoms with Crippen LogP contribution in [0.25, 0.3) is 0 Å². The van der Waals surface area contributed by atoms with E-state index >= 15 is 0 Å². The number of benzene rings is 4. The van der Waals surface area contributed by atoms with Crippen LogP contribution in [0.4, 0.5) is 5.69 Å². The summed E-state index contributed by atoms with van der Waals surface area (Å²) in [5, 5.41) is 18.0. The molecule has 0 saturated heterocycles. The van der Waals surface area contributed by atoms with E-state index in [1.807, 2.05) is 67.6 Å². The zero-order valence-electron chi connectivity index (χ0n) is 22.7. The minimum absolute atomic E-state index is 0.00635. The van der Waals surface area contributed by atoms with Gasteiger partial charge in [-0.25, -0.2) is 8.42 Å². The van der Waals surface area contributed by atoms with Crippen molar-refractivity contribution >= 4 is 21.6 Å². The van der Waals surface area contributed by atoms with E-state index in [9.17, 15) is 23.3 Å². The molecule has 41 heavy (non-hydrogen) atoms. The van der Waals surface area contributed by atoms with Crippen LogP contribution >= 0.6 is 0 Å². The molecule has 0 aliphatic carbocycles. The zero-order valence-corrected chi connectivity index (χ0v) is 23.5. The molecule has 0 aromatic heterocycles. The van der Waals surface area contributed by atoms with Gasteiger partial charge >= 0.3 is 0 Å². The average Bonchev–Trinajstić information content (AvgIpc) is 2.98. The van der Waals surface area contributed by atoms with E-state index in [-0.39, 0.29) is 18.7 Å². The second kappa shape index (κ2) is 13.8. The highest BCUT2D eigenvalue weighted by Gasteiger charge is 2.33. The Morgan fingerprint density at radius 2 is 1.39 bits per heavy atom. The van der Waals surface area contributed by atoms with Crippen molar-refractivity contribution in [3.8, 4) is 0 Å². The SMILES string of the molecule is Cc1ccc(CN(Cc2ccccc2)S(=O)(=O)c2ccc(C(=O)NCCNCc3ccccc3)cc2[N+](=O)[O-])cc1. The van der Waals surface area contributed by atoms with E-state index in [0.29, 0.717) is 19.6 Å². The lowest BCUT2D eigenvalue weighted by Crippen LogP contribution is -2.32. The maximum Gasteiger partial charge on any atom is 0.290 e. The van der Waals surface area contributed by atoms with Crippen LogP contribution in [-0.2, 0) is 29.7 Å². The summed E-state index contributed by atoms with van der Waals surface area (Å²) < 4.78 is 29.0. The van der Waals surface area contributed by atoms with Gasteiger partial charge in [-0.3, -0.25) is 14.9 Å². The Labute approximate surface area is 240 Å². The number of rotatable bonds is 13. The molecule has 0 aliphatic rings. The Morgan fingerprint density at radius 3 is 2.00 bits per heavy atom. The van der Waals surface area contributed by atoms with Crippen molar-refractivity contribution in [2.75, 3.05) is 13.1 Å². The first-order valence-electron chi connectivity index (χ1n) is 13.1. The number of nitro benzene ring substituents is 1. The first kappa shape index (κ1) is 29.6. The molecule has 2 N–H and O–H groups in total. The van der Waals surface area contributed by atoms with Crippen LogP contribution in [0.1, 0.15) is 32.6 Å². The third-order valence-corrected chi connectivity index (χ3v) is 8.32. The fourth-order valence-electron chi connectivity index (χ4n) is 4.26. The van der Waals surface area contributed by atoms with E-state index < -0.39 is 31.4 Å². The Bertz CT molecular complexity index is 1580. The number of nitrogens with one attached hydrogen (secondary N) is 2. The summed E-state index contributed by atoms with van der Waals surface area (Å²) in [5.74, 6) is -0.528. The number of carbonyl (C=O) groups excluding carboxylic acids is 1. The van der Waals surface area contributed by atoms with E-state index in [1.54, 1.807) is 24.3 Å². The quantitative estimate of drug-likeness (QED) is 0.135. The fraction of sp³-hybridized carbons (Fsp3) is 0.194. The zero-order chi connectivity index (χ0) is 29.2. The van der Waals surface area contributed by atoms with Gasteiger partial charge in [0.15, 0.2) is 4.90 Å². The summed E-state index contributed by atoms with van der Waals surface area (Å²) in [6.07, 6.45) is 0. The first-order valence-corrected chi connectivity index (χ1v) is 14.6. The van der Waals surface area contributed by atoms with Crippen LogP contribution in [0.5, 0.6) is 0 Å². The second-order valence-corrected chi connectivity index (χ2v) is 11.5. The second-order valence-electron chi connectivity index (χ2n) is 9.60. The Kier molecular flexibility index (Phi) is 9.96. The number of amides is 1. The van der Waals surface area contributed by atoms with E-state index in [4.69, 9.17) is 0 Å². The van der Waals surface area contributed by atoms with Crippen LogP contribution in [0.3, 0.4) is 0 Å². The molecule has 4 aromatic carbocycles. The molecule has 0 saturated carbocycles. The summed E-state index contributed by atoms with van der Waals surface area (Å²) in [6.45, 7) is 3.39. The molecule has 4 aromatic rings. The molecular weight excluding hydrogens is 540 g/mol. The molecule has 0 atom stereocenters. The van der Waals surface area contributed by atoms with Crippen molar-refractivity contribution in [2.24, 2.45) is 0 Å². The number of hydrogen-bond acceptors (Lipinski definition) is 6. The Balaban J connectivity index is 1.52. The van der Waals surface area contributed by atoms with Gasteiger partial charge in [0, 0.05) is 44.4 Å². The Morgan fingerprint density at radius 1 is 0.805 bits per heavy atom. The van der Waals surface area contributed by atoms with Crippen molar-refractivity contribution in [1.29, 1.82) is 0 Å². The minimum Gasteiger partial charge on any atom is -0.351 e. The third-order valence-electron chi connectivity index (χ3n) is 6.48. The van der Waals surface area contributed by atoms with Gasteiger partial charge in [-0.1, -0.05) is 90.5 Å². The minimum atomic E-state index is -4.33. The van der Waals surface area contributed by atoms with Crippen molar-refractivity contribution < 1.29 is 18.1 Å². The molecule has 0 radical (unpaired) electrons. The van der Waals surface area contributed by atoms with Crippen LogP contribution in [0, 0.1) is 17.0 Å². The van der Waals surface area contributed by atoms with Crippen molar-refractivity contribution in [2.45, 2.75) is 31.5 Å². The molecule has 9 nitrogen and oxygen atoms in total. The lowest BCUT2D eigenvalue weighted by molar-refractivity contribution is -0.387. The maximum atomic E-state index is 13.9. The van der Waals surface area contributed by atoms with E-state index in [0.717, 1.165) is 34.4 Å². The number of aryl methyl sites for hydroxylation is 1. The predicted molar refractivity (Wildman–Crippen MR) is 158 cm³/mol. The van der Waals surface area contributed by atoms with Crippen LogP contribution < -0.4 is 10.6 Å². The lowest BCUT2D eigenvalue weighted by Gasteiger charge is -2.23. The summed E-state index contributed by atoms with van der Waals surface area (Å²) in [5.41, 5.74) is 2.98. The highest BCUT2D eigenvalue weighted by molar-refractivity contribution is 7.89. The molecule has 10 heteroatoms. The molecule has 0 unspecified atom stereocenters. The summed E-state index contributed by atoms with van der Waals surface area (Å²) in [6, 6.07) is 29.7. The Hall–Kier alpha value is -4.38. The number of hydrogen-bond donors (Lipinski definition) is 2. The molecule has 4 rings (SSSR count). The monoisotopic (exact) mass is 572 g/mol. The number of carbonyl (C=O) groups is 1. The van der Waals surface area contributed by atoms with Gasteiger partial charge in [0.2, 0.25) is 0 Å². The maximum absolute atomic E-state index is 13.9. The van der Waals surface area contributed by atoms with Gasteiger partial charge in [0.1, 0.15) is 0 Å². The largest absolute Gasteiger partial charge is 0.351 e. The molecule has 0 heterocycles. The first-order chi connectivity index (χ1) is 19.7. The van der Waals surface area contributed by atoms with Gasteiger partial charge in [-0.2, -0.15) is 4.31 Å². The van der Waals surface area contributed by atoms with Crippen molar-refractivity contribution in [3.63, 3.8) is 0 Å². The lowest BCUT2D eigenvalue weighted by atomic mass is 10.1. The molecule has 0 spiro atoms. The van der Waals surface area contributed by atoms with Gasteiger partial charge in [-0.05, 0) is 35.7 Å².